The van der Waals surface area contributed by atoms with E-state index in [0.717, 1.165) is 35.6 Å². The van der Waals surface area contributed by atoms with Gasteiger partial charge in [0.1, 0.15) is 5.75 Å². The summed E-state index contributed by atoms with van der Waals surface area (Å²) in [7, 11) is 0. The topological polar surface area (TPSA) is 35.2 Å². The van der Waals surface area contributed by atoms with Crippen molar-refractivity contribution in [2.75, 3.05) is 12.3 Å². The average molecular weight is 227 g/mol. The molecule has 0 atom stereocenters. The maximum absolute atomic E-state index is 5.94. The van der Waals surface area contributed by atoms with Crippen molar-refractivity contribution >= 4 is 5.69 Å². The van der Waals surface area contributed by atoms with Gasteiger partial charge in [-0.15, -0.1) is 0 Å². The third-order valence-electron chi connectivity index (χ3n) is 2.60. The molecule has 2 rings (SSSR count). The van der Waals surface area contributed by atoms with Crippen molar-refractivity contribution in [1.29, 1.82) is 0 Å². The lowest BCUT2D eigenvalue weighted by molar-refractivity contribution is 0.317. The summed E-state index contributed by atoms with van der Waals surface area (Å²) >= 11 is 0. The van der Waals surface area contributed by atoms with Crippen molar-refractivity contribution in [3.63, 3.8) is 0 Å². The van der Waals surface area contributed by atoms with E-state index in [1.807, 2.05) is 48.5 Å². The quantitative estimate of drug-likeness (QED) is 0.808. The minimum Gasteiger partial charge on any atom is -0.494 e. The Morgan fingerprint density at radius 1 is 1.00 bits per heavy atom. The molecule has 0 aliphatic heterocycles. The van der Waals surface area contributed by atoms with E-state index in [-0.39, 0.29) is 0 Å². The minimum atomic E-state index is 0.757. The van der Waals surface area contributed by atoms with Gasteiger partial charge in [-0.2, -0.15) is 0 Å². The SMILES string of the molecule is CCCOc1ccc(-c2ccccc2N)cc1. The van der Waals surface area contributed by atoms with Crippen LogP contribution in [0, 0.1) is 0 Å². The first-order valence-electron chi connectivity index (χ1n) is 5.89. The Kier molecular flexibility index (Phi) is 3.66. The highest BCUT2D eigenvalue weighted by molar-refractivity contribution is 5.76. The van der Waals surface area contributed by atoms with Crippen molar-refractivity contribution in [2.24, 2.45) is 0 Å². The van der Waals surface area contributed by atoms with E-state index in [2.05, 4.69) is 6.92 Å². The largest absolute Gasteiger partial charge is 0.494 e. The highest BCUT2D eigenvalue weighted by atomic mass is 16.5. The average Bonchev–Trinajstić information content (AvgIpc) is 2.38. The van der Waals surface area contributed by atoms with Gasteiger partial charge in [0.2, 0.25) is 0 Å². The molecule has 2 N–H and O–H groups in total. The Balaban J connectivity index is 2.21. The number of nitrogens with two attached hydrogens (primary N) is 1. The standard InChI is InChI=1S/C15H17NO/c1-2-11-17-13-9-7-12(8-10-13)14-5-3-4-6-15(14)16/h3-10H,2,11,16H2,1H3. The first-order valence-corrected chi connectivity index (χ1v) is 5.89. The van der Waals surface area contributed by atoms with Crippen molar-refractivity contribution in [3.05, 3.63) is 48.5 Å². The Morgan fingerprint density at radius 2 is 1.71 bits per heavy atom. The lowest BCUT2D eigenvalue weighted by Crippen LogP contribution is -1.94. The Bertz CT molecular complexity index is 477. The van der Waals surface area contributed by atoms with E-state index in [0.29, 0.717) is 0 Å². The second-order valence-corrected chi connectivity index (χ2v) is 3.96. The zero-order chi connectivity index (χ0) is 12.1. The van der Waals surface area contributed by atoms with E-state index in [9.17, 15) is 0 Å². The summed E-state index contributed by atoms with van der Waals surface area (Å²) in [5.74, 6) is 0.908. The zero-order valence-electron chi connectivity index (χ0n) is 10.0. The third-order valence-corrected chi connectivity index (χ3v) is 2.60. The van der Waals surface area contributed by atoms with Crippen molar-refractivity contribution < 1.29 is 4.74 Å². The van der Waals surface area contributed by atoms with E-state index >= 15 is 0 Å². The van der Waals surface area contributed by atoms with E-state index in [1.54, 1.807) is 0 Å². The van der Waals surface area contributed by atoms with Gasteiger partial charge in [-0.3, -0.25) is 0 Å². The maximum atomic E-state index is 5.94. The number of anilines is 1. The third kappa shape index (κ3) is 2.78. The van der Waals surface area contributed by atoms with Crippen LogP contribution in [-0.2, 0) is 0 Å². The van der Waals surface area contributed by atoms with Crippen molar-refractivity contribution in [2.45, 2.75) is 13.3 Å². The molecule has 0 aromatic heterocycles. The van der Waals surface area contributed by atoms with Gasteiger partial charge < -0.3 is 10.5 Å². The molecule has 0 unspecified atom stereocenters. The van der Waals surface area contributed by atoms with Crippen molar-refractivity contribution in [1.82, 2.24) is 0 Å². The Labute approximate surface area is 102 Å². The zero-order valence-corrected chi connectivity index (χ0v) is 10.0. The summed E-state index contributed by atoms with van der Waals surface area (Å²) in [5, 5.41) is 0. The molecule has 0 saturated heterocycles. The fourth-order valence-corrected chi connectivity index (χ4v) is 1.71. The van der Waals surface area contributed by atoms with Gasteiger partial charge in [-0.1, -0.05) is 37.3 Å². The van der Waals surface area contributed by atoms with E-state index < -0.39 is 0 Å². The van der Waals surface area contributed by atoms with Gasteiger partial charge in [0, 0.05) is 11.3 Å². The summed E-state index contributed by atoms with van der Waals surface area (Å²) in [5.41, 5.74) is 8.92. The van der Waals surface area contributed by atoms with Gasteiger partial charge in [0.15, 0.2) is 0 Å². The van der Waals surface area contributed by atoms with Crippen LogP contribution >= 0.6 is 0 Å². The molecular formula is C15H17NO. The number of rotatable bonds is 4. The van der Waals surface area contributed by atoms with Crippen LogP contribution in [0.4, 0.5) is 5.69 Å². The van der Waals surface area contributed by atoms with Crippen LogP contribution < -0.4 is 10.5 Å². The fourth-order valence-electron chi connectivity index (χ4n) is 1.71. The number of hydrogen-bond donors (Lipinski definition) is 1. The molecule has 0 saturated carbocycles. The van der Waals surface area contributed by atoms with Crippen LogP contribution in [0.5, 0.6) is 5.75 Å². The lowest BCUT2D eigenvalue weighted by atomic mass is 10.0. The Hall–Kier alpha value is -1.96. The molecule has 0 aliphatic rings. The highest BCUT2D eigenvalue weighted by Crippen LogP contribution is 2.27. The Morgan fingerprint density at radius 3 is 2.35 bits per heavy atom. The number of ether oxygens (including phenoxy) is 1. The predicted octanol–water partition coefficient (Wildman–Crippen LogP) is 3.72. The van der Waals surface area contributed by atoms with Gasteiger partial charge in [0.25, 0.3) is 0 Å². The molecule has 0 bridgehead atoms. The first-order chi connectivity index (χ1) is 8.31. The molecule has 0 amide bonds. The molecule has 17 heavy (non-hydrogen) atoms. The number of nitrogen functional groups attached to an aromatic ring is 1. The second-order valence-electron chi connectivity index (χ2n) is 3.96. The second kappa shape index (κ2) is 5.39. The van der Waals surface area contributed by atoms with Gasteiger partial charge in [-0.05, 0) is 30.2 Å². The van der Waals surface area contributed by atoms with Crippen molar-refractivity contribution in [3.8, 4) is 16.9 Å². The van der Waals surface area contributed by atoms with E-state index in [4.69, 9.17) is 10.5 Å². The molecule has 0 radical (unpaired) electrons. The number of para-hydroxylation sites is 1. The van der Waals surface area contributed by atoms with Gasteiger partial charge in [0.05, 0.1) is 6.61 Å². The van der Waals surface area contributed by atoms with Gasteiger partial charge in [-0.25, -0.2) is 0 Å². The molecule has 0 spiro atoms. The molecular weight excluding hydrogens is 210 g/mol. The fraction of sp³-hybridized carbons (Fsp3) is 0.200. The summed E-state index contributed by atoms with van der Waals surface area (Å²) in [6.45, 7) is 2.85. The highest BCUT2D eigenvalue weighted by Gasteiger charge is 2.01. The van der Waals surface area contributed by atoms with Crippen LogP contribution in [0.1, 0.15) is 13.3 Å². The predicted molar refractivity (Wildman–Crippen MR) is 72.1 cm³/mol. The number of hydrogen-bond acceptors (Lipinski definition) is 2. The summed E-state index contributed by atoms with van der Waals surface area (Å²) in [6.07, 6.45) is 1.02. The molecule has 2 heteroatoms. The van der Waals surface area contributed by atoms with E-state index in [1.165, 1.54) is 0 Å². The monoisotopic (exact) mass is 227 g/mol. The molecule has 2 aromatic carbocycles. The van der Waals surface area contributed by atoms with Crippen LogP contribution in [-0.4, -0.2) is 6.61 Å². The minimum absolute atomic E-state index is 0.757. The van der Waals surface area contributed by atoms with Crippen LogP contribution in [0.2, 0.25) is 0 Å². The van der Waals surface area contributed by atoms with Gasteiger partial charge >= 0.3 is 0 Å². The normalized spacial score (nSPS) is 10.2. The van der Waals surface area contributed by atoms with Crippen LogP contribution in [0.25, 0.3) is 11.1 Å². The number of benzene rings is 2. The van der Waals surface area contributed by atoms with Crippen LogP contribution in [0.3, 0.4) is 0 Å². The molecule has 0 aliphatic carbocycles. The summed E-state index contributed by atoms with van der Waals surface area (Å²) in [6, 6.07) is 15.9. The molecule has 2 aromatic rings. The first kappa shape index (κ1) is 11.5. The van der Waals surface area contributed by atoms with Crippen LogP contribution in [0.15, 0.2) is 48.5 Å². The molecule has 88 valence electrons. The lowest BCUT2D eigenvalue weighted by Gasteiger charge is -2.07. The molecule has 0 heterocycles. The smallest absolute Gasteiger partial charge is 0.119 e. The maximum Gasteiger partial charge on any atom is 0.119 e. The summed E-state index contributed by atoms with van der Waals surface area (Å²) < 4.78 is 5.55. The summed E-state index contributed by atoms with van der Waals surface area (Å²) in [4.78, 5) is 0. The molecule has 0 fully saturated rings. The molecule has 2 nitrogen and oxygen atoms in total.